The Morgan fingerprint density at radius 2 is 2.13 bits per heavy atom. The topological polar surface area (TPSA) is 56.1 Å². The summed E-state index contributed by atoms with van der Waals surface area (Å²) in [4.78, 5) is 5.61. The number of fused-ring (bicyclic) bond motifs is 3. The lowest BCUT2D eigenvalue weighted by Gasteiger charge is -2.41. The van der Waals surface area contributed by atoms with Crippen molar-refractivity contribution in [3.63, 3.8) is 0 Å². The van der Waals surface area contributed by atoms with Gasteiger partial charge in [-0.3, -0.25) is 0 Å². The van der Waals surface area contributed by atoms with Crippen LogP contribution >= 0.6 is 0 Å². The summed E-state index contributed by atoms with van der Waals surface area (Å²) in [6.07, 6.45) is -2.08. The zero-order chi connectivity index (χ0) is 16.0. The van der Waals surface area contributed by atoms with Gasteiger partial charge in [0.25, 0.3) is 0 Å². The average Bonchev–Trinajstić information content (AvgIpc) is 3.03. The first kappa shape index (κ1) is 14.4. The molecule has 0 saturated carbocycles. The summed E-state index contributed by atoms with van der Waals surface area (Å²) in [5.41, 5.74) is 0.00330. The number of hydrogen-bond donors (Lipinski definition) is 0. The van der Waals surface area contributed by atoms with E-state index in [0.717, 1.165) is 11.8 Å². The van der Waals surface area contributed by atoms with Crippen LogP contribution in [-0.2, 0) is 17.5 Å². The van der Waals surface area contributed by atoms with Crippen molar-refractivity contribution in [3.05, 3.63) is 35.8 Å². The van der Waals surface area contributed by atoms with E-state index in [4.69, 9.17) is 4.74 Å². The first-order valence-electron chi connectivity index (χ1n) is 7.32. The van der Waals surface area contributed by atoms with Gasteiger partial charge in [0.2, 0.25) is 0 Å². The van der Waals surface area contributed by atoms with Crippen molar-refractivity contribution in [1.29, 1.82) is 0 Å². The standard InChI is InChI=1S/C14H14F3N5O/c15-14(16,17)12-2-1-3-13(19-12)21-5-4-11-10(7-21)22-9(8-23-11)6-18-20-22/h1-3,6,10-11H,4-5,7-8H2/t10-,11+/m0/s1. The van der Waals surface area contributed by atoms with Gasteiger partial charge in [0, 0.05) is 13.1 Å². The lowest BCUT2D eigenvalue weighted by molar-refractivity contribution is -0.141. The van der Waals surface area contributed by atoms with Crippen molar-refractivity contribution >= 4 is 5.82 Å². The molecule has 1 fully saturated rings. The molecule has 0 aromatic carbocycles. The number of rotatable bonds is 1. The highest BCUT2D eigenvalue weighted by molar-refractivity contribution is 5.41. The maximum atomic E-state index is 12.8. The predicted molar refractivity (Wildman–Crippen MR) is 73.7 cm³/mol. The molecule has 0 N–H and O–H groups in total. The second kappa shape index (κ2) is 5.19. The molecular formula is C14H14F3N5O. The van der Waals surface area contributed by atoms with E-state index in [0.29, 0.717) is 31.9 Å². The van der Waals surface area contributed by atoms with Crippen LogP contribution in [0.15, 0.2) is 24.4 Å². The summed E-state index contributed by atoms with van der Waals surface area (Å²) in [6.45, 7) is 1.56. The molecule has 9 heteroatoms. The van der Waals surface area contributed by atoms with Crippen molar-refractivity contribution in [2.45, 2.75) is 31.3 Å². The quantitative estimate of drug-likeness (QED) is 0.803. The number of nitrogens with zero attached hydrogens (tertiary/aromatic N) is 5. The first-order valence-corrected chi connectivity index (χ1v) is 7.32. The highest BCUT2D eigenvalue weighted by Crippen LogP contribution is 2.33. The minimum atomic E-state index is -4.44. The van der Waals surface area contributed by atoms with Gasteiger partial charge >= 0.3 is 6.18 Å². The SMILES string of the molecule is FC(F)(F)c1cccc(N2CC[C@H]3OCc4cnnn4[C@H]3C2)n1. The average molecular weight is 325 g/mol. The van der Waals surface area contributed by atoms with Gasteiger partial charge in [0.05, 0.1) is 30.6 Å². The molecule has 2 atom stereocenters. The van der Waals surface area contributed by atoms with Gasteiger partial charge in [-0.15, -0.1) is 5.10 Å². The fourth-order valence-electron chi connectivity index (χ4n) is 3.14. The van der Waals surface area contributed by atoms with Crippen LogP contribution < -0.4 is 4.90 Å². The minimum absolute atomic E-state index is 0.00579. The molecule has 0 unspecified atom stereocenters. The van der Waals surface area contributed by atoms with E-state index < -0.39 is 11.9 Å². The Balaban J connectivity index is 1.61. The van der Waals surface area contributed by atoms with Crippen LogP contribution in [-0.4, -0.2) is 39.2 Å². The summed E-state index contributed by atoms with van der Waals surface area (Å²) >= 11 is 0. The first-order chi connectivity index (χ1) is 11.0. The zero-order valence-corrected chi connectivity index (χ0v) is 12.1. The van der Waals surface area contributed by atoms with Crippen molar-refractivity contribution < 1.29 is 17.9 Å². The van der Waals surface area contributed by atoms with E-state index in [1.165, 1.54) is 6.07 Å². The molecule has 2 aromatic heterocycles. The third-order valence-corrected chi connectivity index (χ3v) is 4.28. The van der Waals surface area contributed by atoms with Gasteiger partial charge in [-0.1, -0.05) is 11.3 Å². The predicted octanol–water partition coefficient (Wildman–Crippen LogP) is 2.04. The molecule has 4 rings (SSSR count). The highest BCUT2D eigenvalue weighted by Gasteiger charge is 2.38. The normalized spacial score (nSPS) is 24.2. The van der Waals surface area contributed by atoms with Crippen LogP contribution in [0.3, 0.4) is 0 Å². The van der Waals surface area contributed by atoms with E-state index in [-0.39, 0.29) is 12.1 Å². The second-order valence-corrected chi connectivity index (χ2v) is 5.70. The summed E-state index contributed by atoms with van der Waals surface area (Å²) in [7, 11) is 0. The summed E-state index contributed by atoms with van der Waals surface area (Å²) in [5.74, 6) is 0.325. The molecule has 0 amide bonds. The van der Waals surface area contributed by atoms with Crippen LogP contribution in [0.1, 0.15) is 23.9 Å². The number of hydrogen-bond acceptors (Lipinski definition) is 5. The van der Waals surface area contributed by atoms with Crippen LogP contribution in [0.5, 0.6) is 0 Å². The van der Waals surface area contributed by atoms with Crippen LogP contribution in [0.4, 0.5) is 19.0 Å². The summed E-state index contributed by atoms with van der Waals surface area (Å²) in [5, 5.41) is 7.97. The fraction of sp³-hybridized carbons (Fsp3) is 0.500. The molecule has 0 radical (unpaired) electrons. The maximum absolute atomic E-state index is 12.8. The van der Waals surface area contributed by atoms with E-state index in [2.05, 4.69) is 15.3 Å². The Morgan fingerprint density at radius 3 is 2.96 bits per heavy atom. The summed E-state index contributed by atoms with van der Waals surface area (Å²) < 4.78 is 46.1. The Morgan fingerprint density at radius 1 is 1.26 bits per heavy atom. The Kier molecular flexibility index (Phi) is 3.26. The highest BCUT2D eigenvalue weighted by atomic mass is 19.4. The van der Waals surface area contributed by atoms with Crippen molar-refractivity contribution in [3.8, 4) is 0 Å². The fourth-order valence-corrected chi connectivity index (χ4v) is 3.14. The number of alkyl halides is 3. The lowest BCUT2D eigenvalue weighted by atomic mass is 10.0. The monoisotopic (exact) mass is 325 g/mol. The number of piperidine rings is 1. The van der Waals surface area contributed by atoms with Gasteiger partial charge in [0.15, 0.2) is 0 Å². The molecule has 6 nitrogen and oxygen atoms in total. The molecule has 2 aromatic rings. The molecule has 4 heterocycles. The van der Waals surface area contributed by atoms with E-state index in [1.54, 1.807) is 12.3 Å². The molecule has 23 heavy (non-hydrogen) atoms. The second-order valence-electron chi connectivity index (χ2n) is 5.70. The largest absolute Gasteiger partial charge is 0.433 e. The smallest absolute Gasteiger partial charge is 0.370 e. The van der Waals surface area contributed by atoms with Crippen LogP contribution in [0, 0.1) is 0 Å². The Hall–Kier alpha value is -2.16. The van der Waals surface area contributed by atoms with E-state index in [9.17, 15) is 13.2 Å². The number of halogens is 3. The number of pyridine rings is 1. The van der Waals surface area contributed by atoms with E-state index >= 15 is 0 Å². The third kappa shape index (κ3) is 2.54. The van der Waals surface area contributed by atoms with Gasteiger partial charge in [0.1, 0.15) is 11.5 Å². The van der Waals surface area contributed by atoms with Gasteiger partial charge in [-0.05, 0) is 18.6 Å². The molecule has 0 spiro atoms. The Labute approximate surface area is 129 Å². The van der Waals surface area contributed by atoms with Gasteiger partial charge < -0.3 is 9.64 Å². The molecule has 122 valence electrons. The van der Waals surface area contributed by atoms with Crippen molar-refractivity contribution in [1.82, 2.24) is 20.0 Å². The number of ether oxygens (including phenoxy) is 1. The maximum Gasteiger partial charge on any atom is 0.433 e. The number of anilines is 1. The molecule has 1 saturated heterocycles. The summed E-state index contributed by atoms with van der Waals surface area (Å²) in [6, 6.07) is 3.90. The molecule has 2 aliphatic rings. The van der Waals surface area contributed by atoms with Gasteiger partial charge in [-0.25, -0.2) is 9.67 Å². The zero-order valence-electron chi connectivity index (χ0n) is 12.1. The molecule has 2 aliphatic heterocycles. The third-order valence-electron chi connectivity index (χ3n) is 4.28. The van der Waals surface area contributed by atoms with Gasteiger partial charge in [-0.2, -0.15) is 13.2 Å². The van der Waals surface area contributed by atoms with Crippen LogP contribution in [0.25, 0.3) is 0 Å². The Bertz CT molecular complexity index is 716. The van der Waals surface area contributed by atoms with Crippen LogP contribution in [0.2, 0.25) is 0 Å². The van der Waals surface area contributed by atoms with Crippen molar-refractivity contribution in [2.75, 3.05) is 18.0 Å². The molecule has 0 aliphatic carbocycles. The molecular weight excluding hydrogens is 311 g/mol. The molecule has 0 bridgehead atoms. The van der Waals surface area contributed by atoms with Crippen molar-refractivity contribution in [2.24, 2.45) is 0 Å². The lowest BCUT2D eigenvalue weighted by Crippen LogP contribution is -2.48. The number of aromatic nitrogens is 4. The van der Waals surface area contributed by atoms with E-state index in [1.807, 2.05) is 9.58 Å². The minimum Gasteiger partial charge on any atom is -0.370 e.